The smallest absolute Gasteiger partial charge is 0.361 e. The third-order valence-electron chi connectivity index (χ3n) is 19.3. The third kappa shape index (κ3) is 83.4. The molecule has 0 aromatic rings. The van der Waals surface area contributed by atoms with Gasteiger partial charge in [0.15, 0.2) is 6.10 Å². The zero-order valence-electron chi connectivity index (χ0n) is 67.3. The first-order valence-electron chi connectivity index (χ1n) is 43.4. The number of carboxylic acid groups (broad SMARTS) is 1. The van der Waals surface area contributed by atoms with Gasteiger partial charge in [-0.1, -0.05) is 400 Å². The number of ether oxygens (including phenoxy) is 4. The summed E-state index contributed by atoms with van der Waals surface area (Å²) >= 11 is 0. The van der Waals surface area contributed by atoms with Gasteiger partial charge < -0.3 is 28.5 Å². The molecule has 0 aromatic heterocycles. The molecule has 0 fully saturated rings. The first kappa shape index (κ1) is 97.2. The van der Waals surface area contributed by atoms with Gasteiger partial charge in [0.25, 0.3) is 6.29 Å². The molecule has 9 heteroatoms. The summed E-state index contributed by atoms with van der Waals surface area (Å²) in [5.41, 5.74) is 0. The van der Waals surface area contributed by atoms with Crippen molar-refractivity contribution < 1.29 is 42.9 Å². The van der Waals surface area contributed by atoms with Crippen molar-refractivity contribution in [1.82, 2.24) is 0 Å². The molecule has 1 N–H and O–H groups in total. The Balaban J connectivity index is 3.94. The van der Waals surface area contributed by atoms with Crippen molar-refractivity contribution >= 4 is 17.9 Å². The second-order valence-electron chi connectivity index (χ2n) is 30.5. The Labute approximate surface area is 626 Å². The molecule has 0 heterocycles. The van der Waals surface area contributed by atoms with Gasteiger partial charge in [0, 0.05) is 12.8 Å². The average Bonchev–Trinajstić information content (AvgIpc) is 1.25. The van der Waals surface area contributed by atoms with E-state index in [4.69, 9.17) is 18.9 Å². The molecular formula is C92H166NO8+. The number of rotatable bonds is 81. The van der Waals surface area contributed by atoms with Gasteiger partial charge in [-0.3, -0.25) is 9.59 Å². The number of hydrogen-bond donors (Lipinski definition) is 1. The van der Waals surface area contributed by atoms with Crippen LogP contribution >= 0.6 is 0 Å². The molecule has 0 aliphatic rings. The summed E-state index contributed by atoms with van der Waals surface area (Å²) in [7, 11) is 6.00. The normalized spacial score (nSPS) is 13.1. The van der Waals surface area contributed by atoms with Crippen LogP contribution < -0.4 is 0 Å². The lowest BCUT2D eigenvalue weighted by Gasteiger charge is -2.25. The van der Waals surface area contributed by atoms with Crippen molar-refractivity contribution in [1.29, 1.82) is 0 Å². The number of likely N-dealkylation sites (N-methyl/N-ethyl adjacent to an activating group) is 1. The fraction of sp³-hybridized carbons (Fsp3) is 0.793. The number of carboxylic acids is 1. The Morgan fingerprint density at radius 1 is 0.307 bits per heavy atom. The van der Waals surface area contributed by atoms with Crippen LogP contribution in [0.4, 0.5) is 0 Å². The van der Waals surface area contributed by atoms with Gasteiger partial charge >= 0.3 is 17.9 Å². The highest BCUT2D eigenvalue weighted by Crippen LogP contribution is 2.20. The van der Waals surface area contributed by atoms with E-state index in [9.17, 15) is 19.5 Å². The molecule has 0 saturated carbocycles. The van der Waals surface area contributed by atoms with Gasteiger partial charge in [-0.2, -0.15) is 0 Å². The first-order chi connectivity index (χ1) is 49.6. The van der Waals surface area contributed by atoms with E-state index in [-0.39, 0.29) is 38.2 Å². The lowest BCUT2D eigenvalue weighted by Crippen LogP contribution is -2.40. The number of hydrogen-bond acceptors (Lipinski definition) is 7. The molecule has 0 rings (SSSR count). The Bertz CT molecular complexity index is 1990. The van der Waals surface area contributed by atoms with Crippen molar-refractivity contribution in [3.63, 3.8) is 0 Å². The maximum Gasteiger partial charge on any atom is 0.361 e. The fourth-order valence-corrected chi connectivity index (χ4v) is 12.8. The fourth-order valence-electron chi connectivity index (χ4n) is 12.8. The molecule has 0 radical (unpaired) electrons. The topological polar surface area (TPSA) is 108 Å². The lowest BCUT2D eigenvalue weighted by atomic mass is 10.0. The summed E-state index contributed by atoms with van der Waals surface area (Å²) in [5, 5.41) is 9.79. The Morgan fingerprint density at radius 2 is 0.564 bits per heavy atom. The van der Waals surface area contributed by atoms with Crippen LogP contribution in [0.2, 0.25) is 0 Å². The molecule has 0 aliphatic heterocycles. The molecule has 0 amide bonds. The summed E-state index contributed by atoms with van der Waals surface area (Å²) in [6.07, 6.45) is 112. The zero-order valence-corrected chi connectivity index (χ0v) is 67.3. The Hall–Kier alpha value is -3.79. The van der Waals surface area contributed by atoms with Crippen molar-refractivity contribution in [3.8, 4) is 0 Å². The molecule has 2 unspecified atom stereocenters. The van der Waals surface area contributed by atoms with Crippen LogP contribution in [0, 0.1) is 0 Å². The molecular weight excluding hydrogens is 1250 g/mol. The van der Waals surface area contributed by atoms with E-state index in [1.165, 1.54) is 302 Å². The number of carbonyl (C=O) groups is 3. The number of esters is 2. The van der Waals surface area contributed by atoms with E-state index in [1.807, 2.05) is 21.1 Å². The quantitative estimate of drug-likeness (QED) is 0.0211. The lowest BCUT2D eigenvalue weighted by molar-refractivity contribution is -0.870. The predicted octanol–water partition coefficient (Wildman–Crippen LogP) is 28.3. The SMILES string of the molecule is CC/C=C\C/C=C\C/C=C\C/C=C\C/C=C\C/C=C\CCCCCCCCCCCCCCCCCCC(=O)OC(COC(=O)CCCCCCCCCCCCCCCCCCCCCCCCCCCCCCC/C=C\C/C=C\CCCCCCC)COC(OCC[N+](C)(C)C)C(=O)O. The van der Waals surface area contributed by atoms with E-state index in [0.29, 0.717) is 17.4 Å². The maximum absolute atomic E-state index is 13.0. The number of carbonyl (C=O) groups excluding carboxylic acids is 2. The second-order valence-corrected chi connectivity index (χ2v) is 30.5. The minimum Gasteiger partial charge on any atom is -0.477 e. The van der Waals surface area contributed by atoms with E-state index in [1.54, 1.807) is 0 Å². The summed E-state index contributed by atoms with van der Waals surface area (Å²) in [5.74, 6) is -1.98. The van der Waals surface area contributed by atoms with Crippen LogP contribution in [0.5, 0.6) is 0 Å². The maximum atomic E-state index is 13.0. The van der Waals surface area contributed by atoms with Crippen molar-refractivity contribution in [2.75, 3.05) is 47.5 Å². The molecule has 0 aliphatic carbocycles. The molecule has 0 spiro atoms. The minimum atomic E-state index is -1.51. The molecule has 0 saturated heterocycles. The highest BCUT2D eigenvalue weighted by molar-refractivity contribution is 5.71. The van der Waals surface area contributed by atoms with Crippen LogP contribution in [0.3, 0.4) is 0 Å². The van der Waals surface area contributed by atoms with E-state index in [0.717, 1.165) is 83.5 Å². The summed E-state index contributed by atoms with van der Waals surface area (Å²) in [6.45, 7) is 4.81. The van der Waals surface area contributed by atoms with E-state index < -0.39 is 18.4 Å². The Morgan fingerprint density at radius 3 is 0.842 bits per heavy atom. The number of unbranched alkanes of at least 4 members (excludes halogenated alkanes) is 50. The average molecular weight is 1410 g/mol. The monoisotopic (exact) mass is 1410 g/mol. The minimum absolute atomic E-state index is 0.180. The van der Waals surface area contributed by atoms with Gasteiger partial charge in [-0.15, -0.1) is 0 Å². The standard InChI is InChI=1S/C92H165NO8/c1-6-8-10-12-14-16-18-20-22-24-26-28-30-32-34-36-38-40-42-43-44-45-46-47-49-50-52-54-56-58-60-62-64-66-68-70-72-74-76-78-80-82-89(94)99-86-88(87-100-92(91(96)97)98-85-84-93(3,4)5)101-90(95)83-81-79-77-75-73-71-69-67-65-63-61-59-57-55-53-51-48-41-39-37-35-33-31-29-27-25-23-21-19-17-15-13-11-9-7-2/h9,11,15,17-18,20-21,23-24,26-27,29,33,35,39,41,88,92H,6-8,10,12-14,16,19,22,25,28,30-32,34,36-38,40,42-87H2,1-5H3/p+1/b11-9-,17-15-,20-18-,23-21-,26-24-,29-27-,35-33-,41-39-. The van der Waals surface area contributed by atoms with Crippen molar-refractivity contribution in [2.45, 2.75) is 424 Å². The second kappa shape index (κ2) is 81.9. The van der Waals surface area contributed by atoms with Crippen LogP contribution in [-0.4, -0.2) is 87.4 Å². The molecule has 586 valence electrons. The summed E-state index contributed by atoms with van der Waals surface area (Å²) < 4.78 is 23.1. The highest BCUT2D eigenvalue weighted by atomic mass is 16.7. The first-order valence-corrected chi connectivity index (χ1v) is 43.4. The van der Waals surface area contributed by atoms with Crippen molar-refractivity contribution in [3.05, 3.63) is 97.2 Å². The van der Waals surface area contributed by atoms with Crippen LogP contribution in [0.1, 0.15) is 412 Å². The van der Waals surface area contributed by atoms with Gasteiger partial charge in [0.2, 0.25) is 0 Å². The van der Waals surface area contributed by atoms with Gasteiger partial charge in [0.05, 0.1) is 34.4 Å². The van der Waals surface area contributed by atoms with E-state index in [2.05, 4.69) is 111 Å². The van der Waals surface area contributed by atoms with Gasteiger partial charge in [0.1, 0.15) is 13.2 Å². The Kier molecular flexibility index (Phi) is 78.8. The van der Waals surface area contributed by atoms with Crippen LogP contribution in [0.25, 0.3) is 0 Å². The van der Waals surface area contributed by atoms with E-state index >= 15 is 0 Å². The largest absolute Gasteiger partial charge is 0.477 e. The molecule has 0 aromatic carbocycles. The third-order valence-corrected chi connectivity index (χ3v) is 19.3. The summed E-state index contributed by atoms with van der Waals surface area (Å²) in [6, 6.07) is 0. The van der Waals surface area contributed by atoms with Crippen LogP contribution in [0.15, 0.2) is 97.2 Å². The van der Waals surface area contributed by atoms with Gasteiger partial charge in [-0.05, 0) is 96.3 Å². The molecule has 2 atom stereocenters. The predicted molar refractivity (Wildman–Crippen MR) is 438 cm³/mol. The number of aliphatic carboxylic acids is 1. The molecule has 101 heavy (non-hydrogen) atoms. The molecule has 0 bridgehead atoms. The summed E-state index contributed by atoms with van der Waals surface area (Å²) in [4.78, 5) is 37.8. The molecule has 9 nitrogen and oxygen atoms in total. The van der Waals surface area contributed by atoms with Crippen LogP contribution in [-0.2, 0) is 33.3 Å². The van der Waals surface area contributed by atoms with Gasteiger partial charge in [-0.25, -0.2) is 4.79 Å². The number of nitrogens with zero attached hydrogens (tertiary/aromatic N) is 1. The zero-order chi connectivity index (χ0) is 73.2. The number of allylic oxidation sites excluding steroid dienone is 16. The number of quaternary nitrogens is 1. The van der Waals surface area contributed by atoms with Crippen molar-refractivity contribution in [2.24, 2.45) is 0 Å². The highest BCUT2D eigenvalue weighted by Gasteiger charge is 2.25.